The third-order valence-corrected chi connectivity index (χ3v) is 3.28. The molecule has 0 unspecified atom stereocenters. The number of carbonyl (C=O) groups is 1. The summed E-state index contributed by atoms with van der Waals surface area (Å²) in [5.41, 5.74) is 1.16. The van der Waals surface area contributed by atoms with Gasteiger partial charge in [0, 0.05) is 23.9 Å². The number of carboxylic acid groups (broad SMARTS) is 1. The Labute approximate surface area is 114 Å². The van der Waals surface area contributed by atoms with Gasteiger partial charge in [0.15, 0.2) is 5.43 Å². The first kappa shape index (κ1) is 13.6. The quantitative estimate of drug-likeness (QED) is 0.934. The second-order valence-electron chi connectivity index (χ2n) is 4.42. The summed E-state index contributed by atoms with van der Waals surface area (Å²) in [4.78, 5) is 22.4. The van der Waals surface area contributed by atoms with Gasteiger partial charge in [-0.05, 0) is 31.0 Å². The number of carboxylic acids is 1. The lowest BCUT2D eigenvalue weighted by molar-refractivity contribution is -0.137. The number of rotatable bonds is 4. The number of benzene rings is 1. The van der Waals surface area contributed by atoms with E-state index in [9.17, 15) is 9.59 Å². The predicted octanol–water partition coefficient (Wildman–Crippen LogP) is 3.16. The highest BCUT2D eigenvalue weighted by molar-refractivity contribution is 6.32. The Hall–Kier alpha value is -1.81. The number of hydrogen-bond acceptors (Lipinski definition) is 3. The third-order valence-electron chi connectivity index (χ3n) is 2.87. The molecule has 0 amide bonds. The fourth-order valence-corrected chi connectivity index (χ4v) is 2.03. The average Bonchev–Trinajstić information content (AvgIpc) is 2.31. The number of aryl methyl sites for hydroxylation is 2. The first-order valence-corrected chi connectivity index (χ1v) is 6.30. The monoisotopic (exact) mass is 280 g/mol. The van der Waals surface area contributed by atoms with Gasteiger partial charge in [-0.3, -0.25) is 9.59 Å². The highest BCUT2D eigenvalue weighted by Crippen LogP contribution is 2.22. The van der Waals surface area contributed by atoms with Crippen molar-refractivity contribution in [2.24, 2.45) is 0 Å². The Kier molecular flexibility index (Phi) is 3.90. The molecule has 0 aliphatic carbocycles. The topological polar surface area (TPSA) is 67.5 Å². The van der Waals surface area contributed by atoms with Crippen molar-refractivity contribution in [3.63, 3.8) is 0 Å². The number of fused-ring (bicyclic) bond motifs is 1. The first-order valence-electron chi connectivity index (χ1n) is 5.92. The summed E-state index contributed by atoms with van der Waals surface area (Å²) in [5, 5.41) is 9.55. The lowest BCUT2D eigenvalue weighted by atomic mass is 10.1. The van der Waals surface area contributed by atoms with Crippen LogP contribution in [0, 0.1) is 6.92 Å². The smallest absolute Gasteiger partial charge is 0.303 e. The van der Waals surface area contributed by atoms with Crippen molar-refractivity contribution in [2.45, 2.75) is 26.2 Å². The summed E-state index contributed by atoms with van der Waals surface area (Å²) in [6.45, 7) is 1.83. The predicted molar refractivity (Wildman–Crippen MR) is 72.8 cm³/mol. The van der Waals surface area contributed by atoms with E-state index in [1.165, 1.54) is 6.07 Å². The van der Waals surface area contributed by atoms with E-state index in [1.807, 2.05) is 6.92 Å². The summed E-state index contributed by atoms with van der Waals surface area (Å²) >= 11 is 5.97. The minimum absolute atomic E-state index is 0.0569. The lowest BCUT2D eigenvalue weighted by Gasteiger charge is -2.04. The van der Waals surface area contributed by atoms with Gasteiger partial charge in [0.05, 0.1) is 5.39 Å². The SMILES string of the molecule is Cc1cc2oc(CCCC(=O)O)cc(=O)c2cc1Cl. The van der Waals surface area contributed by atoms with Gasteiger partial charge in [0.25, 0.3) is 0 Å². The average molecular weight is 281 g/mol. The molecular weight excluding hydrogens is 268 g/mol. The summed E-state index contributed by atoms with van der Waals surface area (Å²) in [6, 6.07) is 4.72. The van der Waals surface area contributed by atoms with Crippen LogP contribution >= 0.6 is 11.6 Å². The summed E-state index contributed by atoms with van der Waals surface area (Å²) in [6.07, 6.45) is 0.927. The summed E-state index contributed by atoms with van der Waals surface area (Å²) in [5.74, 6) is -0.355. The molecule has 0 radical (unpaired) electrons. The fourth-order valence-electron chi connectivity index (χ4n) is 1.86. The maximum absolute atomic E-state index is 11.9. The molecule has 2 rings (SSSR count). The Morgan fingerprint density at radius 3 is 2.79 bits per heavy atom. The molecule has 2 aromatic rings. The molecule has 19 heavy (non-hydrogen) atoms. The minimum Gasteiger partial charge on any atom is -0.481 e. The van der Waals surface area contributed by atoms with E-state index >= 15 is 0 Å². The molecule has 0 aliphatic heterocycles. The van der Waals surface area contributed by atoms with Crippen LogP contribution in [0.3, 0.4) is 0 Å². The van der Waals surface area contributed by atoms with Crippen molar-refractivity contribution >= 4 is 28.5 Å². The van der Waals surface area contributed by atoms with Gasteiger partial charge >= 0.3 is 5.97 Å². The number of aliphatic carboxylic acids is 1. The van der Waals surface area contributed by atoms with Crippen molar-refractivity contribution in [3.8, 4) is 0 Å². The molecule has 0 saturated heterocycles. The van der Waals surface area contributed by atoms with E-state index in [-0.39, 0.29) is 11.8 Å². The van der Waals surface area contributed by atoms with Gasteiger partial charge in [-0.1, -0.05) is 11.6 Å². The van der Waals surface area contributed by atoms with Gasteiger partial charge in [-0.15, -0.1) is 0 Å². The minimum atomic E-state index is -0.856. The van der Waals surface area contributed by atoms with Gasteiger partial charge in [0.2, 0.25) is 0 Å². The summed E-state index contributed by atoms with van der Waals surface area (Å²) in [7, 11) is 0. The van der Waals surface area contributed by atoms with E-state index in [0.29, 0.717) is 34.6 Å². The fraction of sp³-hybridized carbons (Fsp3) is 0.286. The molecule has 0 saturated carbocycles. The van der Waals surface area contributed by atoms with Crippen molar-refractivity contribution in [1.82, 2.24) is 0 Å². The number of hydrogen-bond donors (Lipinski definition) is 1. The van der Waals surface area contributed by atoms with Crippen LogP contribution in [-0.2, 0) is 11.2 Å². The molecule has 0 fully saturated rings. The van der Waals surface area contributed by atoms with E-state index in [0.717, 1.165) is 5.56 Å². The molecule has 5 heteroatoms. The van der Waals surface area contributed by atoms with Gasteiger partial charge in [-0.25, -0.2) is 0 Å². The highest BCUT2D eigenvalue weighted by atomic mass is 35.5. The van der Waals surface area contributed by atoms with E-state index in [2.05, 4.69) is 0 Å². The molecule has 1 N–H and O–H groups in total. The van der Waals surface area contributed by atoms with Gasteiger partial charge in [-0.2, -0.15) is 0 Å². The highest BCUT2D eigenvalue weighted by Gasteiger charge is 2.08. The van der Waals surface area contributed by atoms with Crippen LogP contribution in [-0.4, -0.2) is 11.1 Å². The largest absolute Gasteiger partial charge is 0.481 e. The summed E-state index contributed by atoms with van der Waals surface area (Å²) < 4.78 is 5.61. The van der Waals surface area contributed by atoms with Crippen LogP contribution in [0.25, 0.3) is 11.0 Å². The third kappa shape index (κ3) is 3.15. The molecule has 0 spiro atoms. The maximum Gasteiger partial charge on any atom is 0.303 e. The molecule has 0 aliphatic rings. The van der Waals surface area contributed by atoms with Crippen LogP contribution < -0.4 is 5.43 Å². The van der Waals surface area contributed by atoms with E-state index in [4.69, 9.17) is 21.1 Å². The Morgan fingerprint density at radius 2 is 2.11 bits per heavy atom. The number of halogens is 1. The van der Waals surface area contributed by atoms with Crippen LogP contribution in [0.2, 0.25) is 5.02 Å². The molecule has 0 atom stereocenters. The zero-order chi connectivity index (χ0) is 14.0. The van der Waals surface area contributed by atoms with Gasteiger partial charge < -0.3 is 9.52 Å². The van der Waals surface area contributed by atoms with Crippen LogP contribution in [0.5, 0.6) is 0 Å². The van der Waals surface area contributed by atoms with Crippen LogP contribution in [0.15, 0.2) is 27.4 Å². The second-order valence-corrected chi connectivity index (χ2v) is 4.83. The second kappa shape index (κ2) is 5.45. The maximum atomic E-state index is 11.9. The Morgan fingerprint density at radius 1 is 1.37 bits per heavy atom. The van der Waals surface area contributed by atoms with Gasteiger partial charge in [0.1, 0.15) is 11.3 Å². The molecule has 4 nitrogen and oxygen atoms in total. The standard InChI is InChI=1S/C14H13ClO4/c1-8-5-13-10(7-11(8)15)12(16)6-9(19-13)3-2-4-14(17)18/h5-7H,2-4H2,1H3,(H,17,18). The molecule has 1 heterocycles. The zero-order valence-electron chi connectivity index (χ0n) is 10.4. The van der Waals surface area contributed by atoms with Crippen molar-refractivity contribution in [3.05, 3.63) is 44.8 Å². The Balaban J connectivity index is 2.35. The van der Waals surface area contributed by atoms with Crippen LogP contribution in [0.4, 0.5) is 0 Å². The Bertz CT molecular complexity index is 688. The lowest BCUT2D eigenvalue weighted by Crippen LogP contribution is -2.03. The molecule has 0 bridgehead atoms. The molecule has 100 valence electrons. The first-order chi connectivity index (χ1) is 8.97. The van der Waals surface area contributed by atoms with Crippen molar-refractivity contribution in [1.29, 1.82) is 0 Å². The van der Waals surface area contributed by atoms with E-state index < -0.39 is 5.97 Å². The molecule has 1 aromatic carbocycles. The zero-order valence-corrected chi connectivity index (χ0v) is 11.2. The molecular formula is C14H13ClO4. The van der Waals surface area contributed by atoms with Crippen molar-refractivity contribution < 1.29 is 14.3 Å². The normalized spacial score (nSPS) is 10.8. The molecule has 1 aromatic heterocycles. The van der Waals surface area contributed by atoms with Crippen LogP contribution in [0.1, 0.15) is 24.2 Å². The van der Waals surface area contributed by atoms with Crippen molar-refractivity contribution in [2.75, 3.05) is 0 Å². The van der Waals surface area contributed by atoms with E-state index in [1.54, 1.807) is 12.1 Å².